The van der Waals surface area contributed by atoms with Crippen molar-refractivity contribution in [1.29, 1.82) is 0 Å². The summed E-state index contributed by atoms with van der Waals surface area (Å²) in [5, 5.41) is 10.5. The number of hydrogen-bond acceptors (Lipinski definition) is 4. The molecule has 24 heavy (non-hydrogen) atoms. The van der Waals surface area contributed by atoms with Crippen molar-refractivity contribution in [2.45, 2.75) is 26.7 Å². The highest BCUT2D eigenvalue weighted by Crippen LogP contribution is 2.42. The summed E-state index contributed by atoms with van der Waals surface area (Å²) in [4.78, 5) is 12.2. The third kappa shape index (κ3) is 2.94. The van der Waals surface area contributed by atoms with Gasteiger partial charge in [-0.3, -0.25) is 0 Å². The van der Waals surface area contributed by atoms with E-state index in [2.05, 4.69) is 0 Å². The molecule has 0 unspecified atom stereocenters. The van der Waals surface area contributed by atoms with Crippen LogP contribution in [0.2, 0.25) is 0 Å². The monoisotopic (exact) mass is 332 g/mol. The van der Waals surface area contributed by atoms with E-state index < -0.39 is 11.8 Å². The van der Waals surface area contributed by atoms with E-state index in [1.807, 2.05) is 6.92 Å². The lowest BCUT2D eigenvalue weighted by atomic mass is 9.90. The maximum absolute atomic E-state index is 15.3. The van der Waals surface area contributed by atoms with Gasteiger partial charge in [-0.25, -0.2) is 9.18 Å². The van der Waals surface area contributed by atoms with Gasteiger partial charge in [-0.05, 0) is 30.5 Å². The fourth-order valence-electron chi connectivity index (χ4n) is 2.83. The predicted molar refractivity (Wildman–Crippen MR) is 90.1 cm³/mol. The largest absolute Gasteiger partial charge is 0.507 e. The quantitative estimate of drug-likeness (QED) is 0.832. The second kappa shape index (κ2) is 7.34. The van der Waals surface area contributed by atoms with E-state index >= 15 is 4.39 Å². The zero-order chi connectivity index (χ0) is 17.9. The van der Waals surface area contributed by atoms with E-state index in [4.69, 9.17) is 9.47 Å². The summed E-state index contributed by atoms with van der Waals surface area (Å²) in [7, 11) is 2.66. The molecule has 0 saturated carbocycles. The number of rotatable bonds is 5. The first-order valence-corrected chi connectivity index (χ1v) is 7.73. The Bertz CT molecular complexity index is 768. The van der Waals surface area contributed by atoms with Crippen LogP contribution in [0.5, 0.6) is 11.5 Å². The van der Waals surface area contributed by atoms with Gasteiger partial charge in [-0.15, -0.1) is 0 Å². The van der Waals surface area contributed by atoms with Crippen LogP contribution >= 0.6 is 0 Å². The Labute approximate surface area is 140 Å². The molecule has 1 N–H and O–H groups in total. The molecular formula is C19H21FO4. The van der Waals surface area contributed by atoms with Crippen LogP contribution in [0.15, 0.2) is 24.3 Å². The van der Waals surface area contributed by atoms with Gasteiger partial charge in [-0.2, -0.15) is 0 Å². The lowest BCUT2D eigenvalue weighted by molar-refractivity contribution is 0.0597. The Kier molecular flexibility index (Phi) is 5.44. The predicted octanol–water partition coefficient (Wildman–Crippen LogP) is 4.25. The minimum Gasteiger partial charge on any atom is -0.507 e. The summed E-state index contributed by atoms with van der Waals surface area (Å²) in [6.45, 7) is 3.52. The number of aromatic hydroxyl groups is 1. The molecule has 0 aliphatic rings. The molecule has 2 aromatic carbocycles. The molecule has 0 aliphatic heterocycles. The fraction of sp³-hybridized carbons (Fsp3) is 0.316. The van der Waals surface area contributed by atoms with Crippen molar-refractivity contribution in [2.24, 2.45) is 0 Å². The van der Waals surface area contributed by atoms with Crippen LogP contribution in [-0.2, 0) is 11.2 Å². The van der Waals surface area contributed by atoms with Gasteiger partial charge >= 0.3 is 5.97 Å². The highest BCUT2D eigenvalue weighted by molar-refractivity contribution is 6.01. The van der Waals surface area contributed by atoms with Crippen molar-refractivity contribution in [3.63, 3.8) is 0 Å². The molecule has 0 aromatic heterocycles. The van der Waals surface area contributed by atoms with E-state index in [9.17, 15) is 9.90 Å². The van der Waals surface area contributed by atoms with Crippen LogP contribution in [0.1, 0.15) is 34.8 Å². The first-order chi connectivity index (χ1) is 11.5. The zero-order valence-electron chi connectivity index (χ0n) is 14.3. The third-order valence-electron chi connectivity index (χ3n) is 4.04. The third-order valence-corrected chi connectivity index (χ3v) is 4.04. The SMILES string of the molecule is CCCc1c(C)c(O)c(C(=O)OC)c(-c2ccccc2OC)c1F. The van der Waals surface area contributed by atoms with Gasteiger partial charge < -0.3 is 14.6 Å². The first kappa shape index (κ1) is 17.8. The summed E-state index contributed by atoms with van der Waals surface area (Å²) in [6, 6.07) is 6.79. The minimum atomic E-state index is -0.793. The van der Waals surface area contributed by atoms with E-state index in [-0.39, 0.29) is 16.9 Å². The van der Waals surface area contributed by atoms with Crippen LogP contribution in [0, 0.1) is 12.7 Å². The van der Waals surface area contributed by atoms with Gasteiger partial charge in [0.05, 0.1) is 14.2 Å². The number of para-hydroxylation sites is 1. The number of methoxy groups -OCH3 is 2. The molecule has 0 bridgehead atoms. The molecule has 0 heterocycles. The molecule has 5 heteroatoms. The molecular weight excluding hydrogens is 311 g/mol. The van der Waals surface area contributed by atoms with Gasteiger partial charge in [0.25, 0.3) is 0 Å². The molecule has 2 aromatic rings. The number of hydrogen-bond donors (Lipinski definition) is 1. The van der Waals surface area contributed by atoms with Gasteiger partial charge in [0.2, 0.25) is 0 Å². The van der Waals surface area contributed by atoms with Gasteiger partial charge in [-0.1, -0.05) is 31.5 Å². The lowest BCUT2D eigenvalue weighted by Gasteiger charge is -2.19. The topological polar surface area (TPSA) is 55.8 Å². The Balaban J connectivity index is 2.93. The fourth-order valence-corrected chi connectivity index (χ4v) is 2.83. The summed E-state index contributed by atoms with van der Waals surface area (Å²) < 4.78 is 25.3. The highest BCUT2D eigenvalue weighted by atomic mass is 19.1. The van der Waals surface area contributed by atoms with Crippen molar-refractivity contribution in [1.82, 2.24) is 0 Å². The average molecular weight is 332 g/mol. The smallest absolute Gasteiger partial charge is 0.342 e. The van der Waals surface area contributed by atoms with E-state index in [1.54, 1.807) is 31.2 Å². The Morgan fingerprint density at radius 1 is 1.25 bits per heavy atom. The average Bonchev–Trinajstić information content (AvgIpc) is 2.60. The van der Waals surface area contributed by atoms with Crippen molar-refractivity contribution in [3.05, 3.63) is 46.8 Å². The first-order valence-electron chi connectivity index (χ1n) is 7.73. The molecule has 0 spiro atoms. The normalized spacial score (nSPS) is 10.5. The molecule has 128 valence electrons. The Morgan fingerprint density at radius 3 is 2.50 bits per heavy atom. The zero-order valence-corrected chi connectivity index (χ0v) is 14.3. The number of phenols is 1. The van der Waals surface area contributed by atoms with E-state index in [1.165, 1.54) is 14.2 Å². The number of carbonyl (C=O) groups excluding carboxylic acids is 1. The number of ether oxygens (including phenoxy) is 2. The highest BCUT2D eigenvalue weighted by Gasteiger charge is 2.28. The van der Waals surface area contributed by atoms with Crippen molar-refractivity contribution >= 4 is 5.97 Å². The van der Waals surface area contributed by atoms with Crippen molar-refractivity contribution in [3.8, 4) is 22.6 Å². The van der Waals surface area contributed by atoms with E-state index in [0.29, 0.717) is 35.3 Å². The van der Waals surface area contributed by atoms with Crippen molar-refractivity contribution in [2.75, 3.05) is 14.2 Å². The molecule has 0 fully saturated rings. The maximum Gasteiger partial charge on any atom is 0.342 e. The van der Waals surface area contributed by atoms with Gasteiger partial charge in [0.15, 0.2) is 0 Å². The second-order valence-electron chi connectivity index (χ2n) is 5.46. The molecule has 0 amide bonds. The Morgan fingerprint density at radius 2 is 1.92 bits per heavy atom. The van der Waals surface area contributed by atoms with E-state index in [0.717, 1.165) is 0 Å². The van der Waals surface area contributed by atoms with Crippen LogP contribution in [0.4, 0.5) is 4.39 Å². The summed E-state index contributed by atoms with van der Waals surface area (Å²) >= 11 is 0. The van der Waals surface area contributed by atoms with Crippen LogP contribution < -0.4 is 4.74 Å². The number of esters is 1. The summed E-state index contributed by atoms with van der Waals surface area (Å²) in [6.07, 6.45) is 1.16. The maximum atomic E-state index is 15.3. The Hall–Kier alpha value is -2.56. The standard InChI is InChI=1S/C19H21FO4/c1-5-8-12-11(2)18(21)16(19(22)24-4)15(17(12)20)13-9-6-7-10-14(13)23-3/h6-7,9-10,21H,5,8H2,1-4H3. The van der Waals surface area contributed by atoms with Gasteiger partial charge in [0, 0.05) is 11.1 Å². The number of carbonyl (C=O) groups is 1. The summed E-state index contributed by atoms with van der Waals surface area (Å²) in [5.41, 5.74) is 0.963. The van der Waals surface area contributed by atoms with Crippen molar-refractivity contribution < 1.29 is 23.8 Å². The van der Waals surface area contributed by atoms with Crippen LogP contribution in [0.25, 0.3) is 11.1 Å². The van der Waals surface area contributed by atoms with Gasteiger partial charge in [0.1, 0.15) is 22.9 Å². The molecule has 0 saturated heterocycles. The van der Waals surface area contributed by atoms with Crippen LogP contribution in [0.3, 0.4) is 0 Å². The number of phenolic OH excluding ortho intramolecular Hbond substituents is 1. The molecule has 4 nitrogen and oxygen atoms in total. The second-order valence-corrected chi connectivity index (χ2v) is 5.46. The molecule has 0 aliphatic carbocycles. The summed E-state index contributed by atoms with van der Waals surface area (Å²) in [5.74, 6) is -1.17. The number of benzene rings is 2. The minimum absolute atomic E-state index is 0.00542. The lowest BCUT2D eigenvalue weighted by Crippen LogP contribution is -2.10. The van der Waals surface area contributed by atoms with Crippen LogP contribution in [-0.4, -0.2) is 25.3 Å². The molecule has 0 radical (unpaired) electrons. The number of halogens is 1. The molecule has 2 rings (SSSR count). The molecule has 0 atom stereocenters.